The zero-order chi connectivity index (χ0) is 17.7. The maximum atomic E-state index is 10.7. The van der Waals surface area contributed by atoms with Crippen LogP contribution < -0.4 is 9.37 Å². The summed E-state index contributed by atoms with van der Waals surface area (Å²) >= 11 is 1.59. The maximum Gasteiger partial charge on any atom is 0.265 e. The first-order chi connectivity index (χ1) is 11.3. The Morgan fingerprint density at radius 2 is 2.17 bits per heavy atom. The first-order valence-corrected chi connectivity index (χ1v) is 9.83. The van der Waals surface area contributed by atoms with Crippen molar-refractivity contribution in [3.63, 3.8) is 0 Å². The third kappa shape index (κ3) is 5.36. The normalized spacial score (nSPS) is 13.1. The number of thiazole rings is 1. The van der Waals surface area contributed by atoms with E-state index in [1.54, 1.807) is 17.6 Å². The third-order valence-electron chi connectivity index (χ3n) is 3.59. The summed E-state index contributed by atoms with van der Waals surface area (Å²) in [5, 5.41) is 8.36. The van der Waals surface area contributed by atoms with Gasteiger partial charge >= 0.3 is 0 Å². The molecule has 0 amide bonds. The summed E-state index contributed by atoms with van der Waals surface area (Å²) in [6.45, 7) is 4.59. The highest BCUT2D eigenvalue weighted by Gasteiger charge is 2.07. The lowest BCUT2D eigenvalue weighted by molar-refractivity contribution is -0.696. The van der Waals surface area contributed by atoms with Crippen molar-refractivity contribution >= 4 is 27.7 Å². The summed E-state index contributed by atoms with van der Waals surface area (Å²) in [6.07, 6.45) is 5.69. The number of aryl methyl sites for hydroxylation is 2. The molecule has 0 saturated heterocycles. The fourth-order valence-corrected chi connectivity index (χ4v) is 3.49. The highest BCUT2D eigenvalue weighted by Crippen LogP contribution is 2.07. The Balaban J connectivity index is 2.07. The van der Waals surface area contributed by atoms with Gasteiger partial charge in [0.25, 0.3) is 10.1 Å². The first kappa shape index (κ1) is 18.5. The Labute approximate surface area is 145 Å². The lowest BCUT2D eigenvalue weighted by Crippen LogP contribution is -2.34. The Hall–Kier alpha value is -1.84. The van der Waals surface area contributed by atoms with Gasteiger partial charge in [0.1, 0.15) is 6.54 Å². The molecule has 0 unspecified atom stereocenters. The molecule has 2 aromatic rings. The van der Waals surface area contributed by atoms with Crippen LogP contribution in [0.2, 0.25) is 0 Å². The van der Waals surface area contributed by atoms with Gasteiger partial charge in [0.15, 0.2) is 12.4 Å². The molecule has 130 valence electrons. The van der Waals surface area contributed by atoms with Gasteiger partial charge < -0.3 is 4.57 Å². The van der Waals surface area contributed by atoms with E-state index in [9.17, 15) is 8.42 Å². The molecule has 2 heterocycles. The monoisotopic (exact) mass is 369 g/mol. The van der Waals surface area contributed by atoms with Crippen LogP contribution >= 0.6 is 11.3 Å². The van der Waals surface area contributed by atoms with Crippen molar-refractivity contribution in [1.82, 2.24) is 4.57 Å². The predicted molar refractivity (Wildman–Crippen MR) is 93.6 cm³/mol. The SMILES string of the molecule is Cc1s/c(=N\N=C\c2ccc[n+](CCCS(=O)(=O)O)c2)n(C)c1C. The summed E-state index contributed by atoms with van der Waals surface area (Å²) in [4.78, 5) is 2.04. The molecule has 0 atom stereocenters. The zero-order valence-electron chi connectivity index (χ0n) is 13.9. The van der Waals surface area contributed by atoms with Crippen LogP contribution in [0.5, 0.6) is 0 Å². The fraction of sp³-hybridized carbons (Fsp3) is 0.400. The molecule has 0 spiro atoms. The zero-order valence-corrected chi connectivity index (χ0v) is 15.5. The minimum Gasteiger partial charge on any atom is -0.322 e. The molecule has 0 fully saturated rings. The van der Waals surface area contributed by atoms with Crippen LogP contribution in [0.3, 0.4) is 0 Å². The Bertz CT molecular complexity index is 911. The van der Waals surface area contributed by atoms with Crippen LogP contribution in [0.25, 0.3) is 0 Å². The molecule has 0 bridgehead atoms. The number of rotatable bonds is 6. The van der Waals surface area contributed by atoms with Gasteiger partial charge in [0.05, 0.1) is 17.5 Å². The molecule has 7 nitrogen and oxygen atoms in total. The molecular weight excluding hydrogens is 348 g/mol. The second-order valence-electron chi connectivity index (χ2n) is 5.44. The quantitative estimate of drug-likeness (QED) is 0.359. The second-order valence-corrected chi connectivity index (χ2v) is 8.20. The largest absolute Gasteiger partial charge is 0.322 e. The smallest absolute Gasteiger partial charge is 0.265 e. The number of aromatic nitrogens is 2. The van der Waals surface area contributed by atoms with Crippen LogP contribution in [0.1, 0.15) is 22.6 Å². The van der Waals surface area contributed by atoms with E-state index in [1.165, 1.54) is 10.6 Å². The van der Waals surface area contributed by atoms with Gasteiger partial charge in [-0.1, -0.05) is 0 Å². The molecule has 0 radical (unpaired) electrons. The van der Waals surface area contributed by atoms with E-state index in [0.717, 1.165) is 10.4 Å². The average Bonchev–Trinajstić information content (AvgIpc) is 2.74. The van der Waals surface area contributed by atoms with Gasteiger partial charge in [-0.25, -0.2) is 4.57 Å². The highest BCUT2D eigenvalue weighted by atomic mass is 32.2. The van der Waals surface area contributed by atoms with Gasteiger partial charge in [-0.15, -0.1) is 16.4 Å². The van der Waals surface area contributed by atoms with Crippen LogP contribution in [-0.2, 0) is 23.7 Å². The minimum atomic E-state index is -3.91. The molecule has 2 aromatic heterocycles. The lowest BCUT2D eigenvalue weighted by atomic mass is 10.3. The molecular formula is C15H21N4O3S2+. The third-order valence-corrected chi connectivity index (χ3v) is 5.54. The van der Waals surface area contributed by atoms with E-state index < -0.39 is 10.1 Å². The molecule has 0 aliphatic heterocycles. The molecule has 0 aliphatic carbocycles. The van der Waals surface area contributed by atoms with E-state index >= 15 is 0 Å². The van der Waals surface area contributed by atoms with Crippen molar-refractivity contribution in [2.75, 3.05) is 5.75 Å². The topological polar surface area (TPSA) is 87.9 Å². The number of pyridine rings is 1. The number of hydrogen-bond donors (Lipinski definition) is 1. The van der Waals surface area contributed by atoms with E-state index in [4.69, 9.17) is 4.55 Å². The Morgan fingerprint density at radius 3 is 2.79 bits per heavy atom. The summed E-state index contributed by atoms with van der Waals surface area (Å²) in [5.74, 6) is -0.249. The van der Waals surface area contributed by atoms with E-state index in [2.05, 4.69) is 17.1 Å². The number of hydrogen-bond acceptors (Lipinski definition) is 5. The van der Waals surface area contributed by atoms with Crippen molar-refractivity contribution in [3.8, 4) is 0 Å². The highest BCUT2D eigenvalue weighted by molar-refractivity contribution is 7.85. The molecule has 2 rings (SSSR count). The van der Waals surface area contributed by atoms with Crippen LogP contribution in [0.15, 0.2) is 34.7 Å². The van der Waals surface area contributed by atoms with Gasteiger partial charge in [-0.05, 0) is 19.9 Å². The van der Waals surface area contributed by atoms with Crippen LogP contribution in [-0.4, -0.2) is 29.5 Å². The van der Waals surface area contributed by atoms with E-state index in [-0.39, 0.29) is 5.75 Å². The van der Waals surface area contributed by atoms with Crippen LogP contribution in [0, 0.1) is 13.8 Å². The molecule has 9 heteroatoms. The molecule has 0 aliphatic rings. The van der Waals surface area contributed by atoms with E-state index in [1.807, 2.05) is 47.6 Å². The van der Waals surface area contributed by atoms with Gasteiger partial charge in [0.2, 0.25) is 4.80 Å². The van der Waals surface area contributed by atoms with Gasteiger partial charge in [-0.2, -0.15) is 13.5 Å². The second kappa shape index (κ2) is 7.82. The minimum absolute atomic E-state index is 0.249. The lowest BCUT2D eigenvalue weighted by Gasteiger charge is -1.97. The molecule has 24 heavy (non-hydrogen) atoms. The van der Waals surface area contributed by atoms with Crippen molar-refractivity contribution in [1.29, 1.82) is 0 Å². The summed E-state index contributed by atoms with van der Waals surface area (Å²) in [7, 11) is -1.95. The fourth-order valence-electron chi connectivity index (χ4n) is 2.08. The molecule has 0 aromatic carbocycles. The van der Waals surface area contributed by atoms with Crippen molar-refractivity contribution in [2.45, 2.75) is 26.8 Å². The van der Waals surface area contributed by atoms with Crippen LogP contribution in [0.4, 0.5) is 0 Å². The van der Waals surface area contributed by atoms with Gasteiger partial charge in [0, 0.05) is 30.1 Å². The molecule has 1 N–H and O–H groups in total. The van der Waals surface area contributed by atoms with Gasteiger partial charge in [-0.3, -0.25) is 4.55 Å². The summed E-state index contributed by atoms with van der Waals surface area (Å²) in [5.41, 5.74) is 2.03. The first-order valence-electron chi connectivity index (χ1n) is 7.40. The maximum absolute atomic E-state index is 10.7. The predicted octanol–water partition coefficient (Wildman–Crippen LogP) is 1.20. The Kier molecular flexibility index (Phi) is 6.03. The van der Waals surface area contributed by atoms with Crippen molar-refractivity contribution in [3.05, 3.63) is 45.5 Å². The van der Waals surface area contributed by atoms with Crippen molar-refractivity contribution < 1.29 is 17.5 Å². The Morgan fingerprint density at radius 1 is 1.42 bits per heavy atom. The standard InChI is InChI=1S/C15H20N4O3S2/c1-12-13(2)23-15(18(12)3)17-16-10-14-6-4-7-19(11-14)8-5-9-24(20,21)22/h4,6-7,10-11H,5,8-9H2,1-3H3/p+1/b16-10+,17-15-. The summed E-state index contributed by atoms with van der Waals surface area (Å²) < 4.78 is 34.1. The summed E-state index contributed by atoms with van der Waals surface area (Å²) in [6, 6.07) is 3.75. The molecule has 0 saturated carbocycles. The average molecular weight is 369 g/mol. The number of nitrogens with zero attached hydrogens (tertiary/aromatic N) is 4. The van der Waals surface area contributed by atoms with E-state index in [0.29, 0.717) is 13.0 Å². The van der Waals surface area contributed by atoms with Crippen molar-refractivity contribution in [2.24, 2.45) is 17.3 Å².